The number of hydrogen-bond donors (Lipinski definition) is 1. The minimum atomic E-state index is -0.327. The van der Waals surface area contributed by atoms with Crippen LogP contribution >= 0.6 is 12.4 Å². The predicted octanol–water partition coefficient (Wildman–Crippen LogP) is 0.783. The molecule has 2 unspecified atom stereocenters. The number of amides is 1. The standard InChI is InChI=1S/C10H20N2O2.ClH/c1-3-14-8(2)10(13)12-6-4-5-9(12)7-11;/h8-9H,3-7,11H2,1-2H3;1H. The molecule has 1 amide bonds. The number of carbonyl (C=O) groups excluding carboxylic acids is 1. The van der Waals surface area contributed by atoms with E-state index in [9.17, 15) is 4.79 Å². The van der Waals surface area contributed by atoms with Crippen molar-refractivity contribution in [3.05, 3.63) is 0 Å². The van der Waals surface area contributed by atoms with E-state index in [4.69, 9.17) is 10.5 Å². The molecule has 15 heavy (non-hydrogen) atoms. The van der Waals surface area contributed by atoms with Crippen LogP contribution in [-0.2, 0) is 9.53 Å². The van der Waals surface area contributed by atoms with Crippen molar-refractivity contribution in [2.45, 2.75) is 38.8 Å². The zero-order chi connectivity index (χ0) is 10.6. The van der Waals surface area contributed by atoms with Gasteiger partial charge in [0.25, 0.3) is 5.91 Å². The zero-order valence-corrected chi connectivity index (χ0v) is 10.3. The molecule has 2 atom stereocenters. The molecule has 1 heterocycles. The average Bonchev–Trinajstić information content (AvgIpc) is 2.64. The molecule has 0 bridgehead atoms. The molecule has 0 radical (unpaired) electrons. The normalized spacial score (nSPS) is 22.3. The third-order valence-corrected chi connectivity index (χ3v) is 2.70. The van der Waals surface area contributed by atoms with Gasteiger partial charge in [0.15, 0.2) is 0 Å². The Morgan fingerprint density at radius 1 is 1.67 bits per heavy atom. The first kappa shape index (κ1) is 14.7. The van der Waals surface area contributed by atoms with E-state index in [-0.39, 0.29) is 30.5 Å². The van der Waals surface area contributed by atoms with Crippen molar-refractivity contribution in [2.24, 2.45) is 5.73 Å². The van der Waals surface area contributed by atoms with Gasteiger partial charge in [0.05, 0.1) is 0 Å². The molecule has 1 saturated heterocycles. The summed E-state index contributed by atoms with van der Waals surface area (Å²) < 4.78 is 5.28. The number of rotatable bonds is 4. The second-order valence-corrected chi connectivity index (χ2v) is 3.66. The van der Waals surface area contributed by atoms with Crippen molar-refractivity contribution in [1.29, 1.82) is 0 Å². The Morgan fingerprint density at radius 2 is 2.33 bits per heavy atom. The fourth-order valence-corrected chi connectivity index (χ4v) is 1.93. The molecule has 0 aliphatic carbocycles. The largest absolute Gasteiger partial charge is 0.369 e. The lowest BCUT2D eigenvalue weighted by atomic mass is 10.2. The molecule has 5 heteroatoms. The first-order valence-electron chi connectivity index (χ1n) is 5.32. The van der Waals surface area contributed by atoms with Gasteiger partial charge in [-0.05, 0) is 26.7 Å². The number of carbonyl (C=O) groups is 1. The van der Waals surface area contributed by atoms with Gasteiger partial charge in [-0.15, -0.1) is 12.4 Å². The molecule has 4 nitrogen and oxygen atoms in total. The molecule has 90 valence electrons. The molecule has 0 aromatic carbocycles. The molecule has 2 N–H and O–H groups in total. The van der Waals surface area contributed by atoms with Crippen molar-refractivity contribution < 1.29 is 9.53 Å². The Kier molecular flexibility index (Phi) is 6.89. The van der Waals surface area contributed by atoms with Gasteiger partial charge in [0.2, 0.25) is 0 Å². The smallest absolute Gasteiger partial charge is 0.251 e. The molecule has 1 fully saturated rings. The lowest BCUT2D eigenvalue weighted by molar-refractivity contribution is -0.143. The van der Waals surface area contributed by atoms with E-state index in [2.05, 4.69) is 0 Å². The van der Waals surface area contributed by atoms with Gasteiger partial charge in [-0.3, -0.25) is 4.79 Å². The van der Waals surface area contributed by atoms with E-state index < -0.39 is 0 Å². The third kappa shape index (κ3) is 3.63. The van der Waals surface area contributed by atoms with Crippen molar-refractivity contribution in [3.8, 4) is 0 Å². The van der Waals surface area contributed by atoms with E-state index in [1.807, 2.05) is 11.8 Å². The quantitative estimate of drug-likeness (QED) is 0.785. The monoisotopic (exact) mass is 236 g/mol. The van der Waals surface area contributed by atoms with Crippen molar-refractivity contribution >= 4 is 18.3 Å². The van der Waals surface area contributed by atoms with E-state index in [1.54, 1.807) is 6.92 Å². The van der Waals surface area contributed by atoms with Crippen LogP contribution in [0.2, 0.25) is 0 Å². The van der Waals surface area contributed by atoms with Crippen LogP contribution < -0.4 is 5.73 Å². The Morgan fingerprint density at radius 3 is 2.87 bits per heavy atom. The van der Waals surface area contributed by atoms with Gasteiger partial charge in [-0.25, -0.2) is 0 Å². The average molecular weight is 237 g/mol. The van der Waals surface area contributed by atoms with Gasteiger partial charge in [-0.1, -0.05) is 0 Å². The van der Waals surface area contributed by atoms with Crippen LogP contribution in [0.15, 0.2) is 0 Å². The van der Waals surface area contributed by atoms with Crippen LogP contribution in [0.3, 0.4) is 0 Å². The van der Waals surface area contributed by atoms with Crippen LogP contribution in [0.25, 0.3) is 0 Å². The lowest BCUT2D eigenvalue weighted by Crippen LogP contribution is -2.44. The summed E-state index contributed by atoms with van der Waals surface area (Å²) in [5, 5.41) is 0. The van der Waals surface area contributed by atoms with Gasteiger partial charge < -0.3 is 15.4 Å². The summed E-state index contributed by atoms with van der Waals surface area (Å²) in [7, 11) is 0. The number of hydrogen-bond acceptors (Lipinski definition) is 3. The summed E-state index contributed by atoms with van der Waals surface area (Å²) in [6.45, 7) is 5.67. The van der Waals surface area contributed by atoms with Crippen LogP contribution in [0, 0.1) is 0 Å². The van der Waals surface area contributed by atoms with Crippen LogP contribution in [0.4, 0.5) is 0 Å². The topological polar surface area (TPSA) is 55.6 Å². The lowest BCUT2D eigenvalue weighted by Gasteiger charge is -2.26. The highest BCUT2D eigenvalue weighted by Gasteiger charge is 2.30. The first-order chi connectivity index (χ1) is 6.70. The maximum Gasteiger partial charge on any atom is 0.251 e. The van der Waals surface area contributed by atoms with E-state index in [1.165, 1.54) is 0 Å². The molecule has 1 aliphatic heterocycles. The maximum atomic E-state index is 11.8. The summed E-state index contributed by atoms with van der Waals surface area (Å²) in [4.78, 5) is 13.7. The Balaban J connectivity index is 0.00000196. The molecular weight excluding hydrogens is 216 g/mol. The van der Waals surface area contributed by atoms with E-state index >= 15 is 0 Å². The summed E-state index contributed by atoms with van der Waals surface area (Å²) in [6.07, 6.45) is 1.76. The van der Waals surface area contributed by atoms with Gasteiger partial charge in [0, 0.05) is 25.7 Å². The number of likely N-dealkylation sites (tertiary alicyclic amines) is 1. The fourth-order valence-electron chi connectivity index (χ4n) is 1.93. The van der Waals surface area contributed by atoms with Crippen LogP contribution in [0.1, 0.15) is 26.7 Å². The maximum absolute atomic E-state index is 11.8. The second kappa shape index (κ2) is 7.04. The highest BCUT2D eigenvalue weighted by Crippen LogP contribution is 2.17. The van der Waals surface area contributed by atoms with Gasteiger partial charge in [0.1, 0.15) is 6.10 Å². The molecule has 0 aromatic rings. The Labute approximate surface area is 97.5 Å². The first-order valence-corrected chi connectivity index (χ1v) is 5.32. The minimum Gasteiger partial charge on any atom is -0.369 e. The Bertz CT molecular complexity index is 202. The fraction of sp³-hybridized carbons (Fsp3) is 0.900. The van der Waals surface area contributed by atoms with E-state index in [0.717, 1.165) is 19.4 Å². The van der Waals surface area contributed by atoms with Crippen LogP contribution in [0.5, 0.6) is 0 Å². The predicted molar refractivity (Wildman–Crippen MR) is 62.1 cm³/mol. The number of ether oxygens (including phenoxy) is 1. The van der Waals surface area contributed by atoms with Crippen molar-refractivity contribution in [2.75, 3.05) is 19.7 Å². The highest BCUT2D eigenvalue weighted by atomic mass is 35.5. The van der Waals surface area contributed by atoms with E-state index in [0.29, 0.717) is 13.2 Å². The van der Waals surface area contributed by atoms with Crippen molar-refractivity contribution in [1.82, 2.24) is 4.90 Å². The zero-order valence-electron chi connectivity index (χ0n) is 9.44. The number of halogens is 1. The summed E-state index contributed by atoms with van der Waals surface area (Å²) in [5.41, 5.74) is 5.60. The molecular formula is C10H21ClN2O2. The number of nitrogens with two attached hydrogens (primary N) is 1. The summed E-state index contributed by atoms with van der Waals surface area (Å²) >= 11 is 0. The van der Waals surface area contributed by atoms with Crippen molar-refractivity contribution in [3.63, 3.8) is 0 Å². The SMILES string of the molecule is CCOC(C)C(=O)N1CCCC1CN.Cl. The minimum absolute atomic E-state index is 0. The molecule has 0 spiro atoms. The molecule has 0 saturated carbocycles. The second-order valence-electron chi connectivity index (χ2n) is 3.66. The third-order valence-electron chi connectivity index (χ3n) is 2.70. The summed E-state index contributed by atoms with van der Waals surface area (Å²) in [5.74, 6) is 0.0831. The highest BCUT2D eigenvalue weighted by molar-refractivity contribution is 5.85. The molecule has 0 aromatic heterocycles. The summed E-state index contributed by atoms with van der Waals surface area (Å²) in [6, 6.07) is 0.227. The van der Waals surface area contributed by atoms with Gasteiger partial charge in [-0.2, -0.15) is 0 Å². The Hall–Kier alpha value is -0.320. The van der Waals surface area contributed by atoms with Gasteiger partial charge >= 0.3 is 0 Å². The molecule has 1 aliphatic rings. The molecule has 1 rings (SSSR count). The number of nitrogens with zero attached hydrogens (tertiary/aromatic N) is 1. The van der Waals surface area contributed by atoms with Crippen LogP contribution in [-0.4, -0.2) is 42.6 Å².